The van der Waals surface area contributed by atoms with Gasteiger partial charge in [0, 0.05) is 35.0 Å². The molecule has 2 aromatic rings. The van der Waals surface area contributed by atoms with Gasteiger partial charge in [-0.2, -0.15) is 11.8 Å². The Morgan fingerprint density at radius 3 is 2.58 bits per heavy atom. The maximum Gasteiger partial charge on any atom is 0.0946 e. The Morgan fingerprint density at radius 2 is 1.92 bits per heavy atom. The van der Waals surface area contributed by atoms with Crippen LogP contribution in [0.1, 0.15) is 52.0 Å². The minimum absolute atomic E-state index is 0.374. The fourth-order valence-electron chi connectivity index (χ4n) is 4.38. The average molecular weight is 391 g/mol. The Balaban J connectivity index is 1.76. The van der Waals surface area contributed by atoms with Crippen LogP contribution in [0.2, 0.25) is 5.02 Å². The molecule has 1 aliphatic rings. The third-order valence-corrected chi connectivity index (χ3v) is 7.42. The van der Waals surface area contributed by atoms with E-state index in [9.17, 15) is 0 Å². The molecule has 0 bridgehead atoms. The SMILES string of the molecule is CC(C)(C)C1CCCCC1C(Cn1ccnc1)SCc1ccc(Cl)cc1. The van der Waals surface area contributed by atoms with Crippen LogP contribution < -0.4 is 0 Å². The molecular weight excluding hydrogens is 360 g/mol. The predicted molar refractivity (Wildman–Crippen MR) is 114 cm³/mol. The number of aromatic nitrogens is 2. The molecule has 3 atom stereocenters. The van der Waals surface area contributed by atoms with Crippen LogP contribution >= 0.6 is 23.4 Å². The summed E-state index contributed by atoms with van der Waals surface area (Å²) in [6, 6.07) is 8.32. The molecule has 0 aliphatic heterocycles. The van der Waals surface area contributed by atoms with Gasteiger partial charge in [-0.25, -0.2) is 4.98 Å². The van der Waals surface area contributed by atoms with Crippen LogP contribution in [-0.2, 0) is 12.3 Å². The van der Waals surface area contributed by atoms with Gasteiger partial charge in [0.05, 0.1) is 6.33 Å². The molecular formula is C22H31ClN2S. The molecule has 2 nitrogen and oxygen atoms in total. The summed E-state index contributed by atoms with van der Waals surface area (Å²) in [7, 11) is 0. The van der Waals surface area contributed by atoms with Crippen molar-refractivity contribution in [2.24, 2.45) is 17.3 Å². The van der Waals surface area contributed by atoms with Gasteiger partial charge in [0.25, 0.3) is 0 Å². The van der Waals surface area contributed by atoms with Crippen molar-refractivity contribution in [3.05, 3.63) is 53.6 Å². The summed E-state index contributed by atoms with van der Waals surface area (Å²) in [5.41, 5.74) is 1.73. The van der Waals surface area contributed by atoms with Gasteiger partial charge < -0.3 is 4.57 Å². The van der Waals surface area contributed by atoms with Crippen molar-refractivity contribution in [2.45, 2.75) is 64.0 Å². The molecule has 1 fully saturated rings. The number of thioether (sulfide) groups is 1. The van der Waals surface area contributed by atoms with E-state index in [4.69, 9.17) is 11.6 Å². The highest BCUT2D eigenvalue weighted by Gasteiger charge is 2.38. The minimum atomic E-state index is 0.374. The van der Waals surface area contributed by atoms with Crippen LogP contribution in [0.25, 0.3) is 0 Å². The highest BCUT2D eigenvalue weighted by Crippen LogP contribution is 2.46. The van der Waals surface area contributed by atoms with Crippen molar-refractivity contribution < 1.29 is 0 Å². The van der Waals surface area contributed by atoms with Gasteiger partial charge in [-0.1, -0.05) is 57.3 Å². The molecule has 0 amide bonds. The van der Waals surface area contributed by atoms with Gasteiger partial charge in [0.2, 0.25) is 0 Å². The molecule has 4 heteroatoms. The van der Waals surface area contributed by atoms with Gasteiger partial charge >= 0.3 is 0 Å². The fraction of sp³-hybridized carbons (Fsp3) is 0.591. The summed E-state index contributed by atoms with van der Waals surface area (Å²) in [5, 5.41) is 1.43. The second-order valence-electron chi connectivity index (χ2n) is 8.66. The summed E-state index contributed by atoms with van der Waals surface area (Å²) in [6.45, 7) is 8.33. The maximum absolute atomic E-state index is 6.04. The van der Waals surface area contributed by atoms with Crippen molar-refractivity contribution in [1.29, 1.82) is 0 Å². The zero-order valence-corrected chi connectivity index (χ0v) is 17.8. The first kappa shape index (κ1) is 19.8. The monoisotopic (exact) mass is 390 g/mol. The van der Waals surface area contributed by atoms with Crippen LogP contribution in [0.15, 0.2) is 43.0 Å². The summed E-state index contributed by atoms with van der Waals surface area (Å²) >= 11 is 8.16. The van der Waals surface area contributed by atoms with E-state index in [1.165, 1.54) is 31.2 Å². The lowest BCUT2D eigenvalue weighted by Gasteiger charge is -2.44. The first-order valence-corrected chi connectivity index (χ1v) is 11.2. The first-order chi connectivity index (χ1) is 12.4. The highest BCUT2D eigenvalue weighted by atomic mass is 35.5. The fourth-order valence-corrected chi connectivity index (χ4v) is 5.95. The van der Waals surface area contributed by atoms with E-state index in [1.54, 1.807) is 0 Å². The standard InChI is InChI=1S/C22H31ClN2S/c1-22(2,3)20-7-5-4-6-19(20)21(14-25-13-12-24-16-25)26-15-17-8-10-18(23)11-9-17/h8-13,16,19-21H,4-7,14-15H2,1-3H3. The second-order valence-corrected chi connectivity index (χ2v) is 10.3. The lowest BCUT2D eigenvalue weighted by atomic mass is 9.65. The molecule has 1 saturated carbocycles. The third-order valence-electron chi connectivity index (χ3n) is 5.74. The third kappa shape index (κ3) is 5.29. The Bertz CT molecular complexity index is 660. The van der Waals surface area contributed by atoms with Crippen molar-refractivity contribution in [2.75, 3.05) is 0 Å². The zero-order chi connectivity index (χ0) is 18.6. The van der Waals surface area contributed by atoms with E-state index in [0.29, 0.717) is 10.7 Å². The number of benzene rings is 1. The van der Waals surface area contributed by atoms with Crippen LogP contribution in [0, 0.1) is 17.3 Å². The number of imidazole rings is 1. The van der Waals surface area contributed by atoms with Gasteiger partial charge in [0.1, 0.15) is 0 Å². The van der Waals surface area contributed by atoms with Gasteiger partial charge in [-0.3, -0.25) is 0 Å². The number of nitrogens with zero attached hydrogens (tertiary/aromatic N) is 2. The zero-order valence-electron chi connectivity index (χ0n) is 16.2. The highest BCUT2D eigenvalue weighted by molar-refractivity contribution is 7.99. The second kappa shape index (κ2) is 8.84. The van der Waals surface area contributed by atoms with Crippen LogP contribution in [0.4, 0.5) is 0 Å². The number of hydrogen-bond acceptors (Lipinski definition) is 2. The van der Waals surface area contributed by atoms with E-state index in [2.05, 4.69) is 60.4 Å². The maximum atomic E-state index is 6.04. The Kier molecular flexibility index (Phi) is 6.74. The summed E-state index contributed by atoms with van der Waals surface area (Å²) in [6.07, 6.45) is 11.4. The molecule has 26 heavy (non-hydrogen) atoms. The van der Waals surface area contributed by atoms with Crippen LogP contribution in [-0.4, -0.2) is 14.8 Å². The molecule has 1 heterocycles. The molecule has 0 saturated heterocycles. The van der Waals surface area contributed by atoms with E-state index in [0.717, 1.165) is 29.2 Å². The average Bonchev–Trinajstić information content (AvgIpc) is 3.12. The van der Waals surface area contributed by atoms with Gasteiger partial charge in [-0.15, -0.1) is 0 Å². The topological polar surface area (TPSA) is 17.8 Å². The normalized spacial score (nSPS) is 22.3. The molecule has 1 aromatic carbocycles. The molecule has 3 rings (SSSR count). The first-order valence-electron chi connectivity index (χ1n) is 9.75. The molecule has 0 N–H and O–H groups in total. The summed E-state index contributed by atoms with van der Waals surface area (Å²) in [4.78, 5) is 4.26. The molecule has 3 unspecified atom stereocenters. The number of halogens is 1. The molecule has 1 aromatic heterocycles. The molecule has 0 radical (unpaired) electrons. The van der Waals surface area contributed by atoms with Gasteiger partial charge in [-0.05, 0) is 47.8 Å². The lowest BCUT2D eigenvalue weighted by molar-refractivity contribution is 0.102. The Hall–Kier alpha value is -0.930. The minimum Gasteiger partial charge on any atom is -0.336 e. The number of hydrogen-bond donors (Lipinski definition) is 0. The van der Waals surface area contributed by atoms with Gasteiger partial charge in [0.15, 0.2) is 0 Å². The number of rotatable bonds is 6. The van der Waals surface area contributed by atoms with Crippen molar-refractivity contribution >= 4 is 23.4 Å². The lowest BCUT2D eigenvalue weighted by Crippen LogP contribution is -2.38. The van der Waals surface area contributed by atoms with Crippen molar-refractivity contribution in [3.8, 4) is 0 Å². The molecule has 1 aliphatic carbocycles. The quantitative estimate of drug-likeness (QED) is 0.546. The van der Waals surface area contributed by atoms with Crippen LogP contribution in [0.5, 0.6) is 0 Å². The predicted octanol–water partition coefficient (Wildman–Crippen LogP) is 6.69. The molecule has 142 valence electrons. The van der Waals surface area contributed by atoms with E-state index in [1.807, 2.05) is 24.7 Å². The van der Waals surface area contributed by atoms with Crippen molar-refractivity contribution in [3.63, 3.8) is 0 Å². The van der Waals surface area contributed by atoms with Crippen molar-refractivity contribution in [1.82, 2.24) is 9.55 Å². The molecule has 0 spiro atoms. The summed E-state index contributed by atoms with van der Waals surface area (Å²) < 4.78 is 2.26. The van der Waals surface area contributed by atoms with E-state index >= 15 is 0 Å². The van der Waals surface area contributed by atoms with E-state index < -0.39 is 0 Å². The summed E-state index contributed by atoms with van der Waals surface area (Å²) in [5.74, 6) is 2.61. The largest absolute Gasteiger partial charge is 0.336 e. The Labute approximate surface area is 167 Å². The van der Waals surface area contributed by atoms with Crippen LogP contribution in [0.3, 0.4) is 0 Å². The Morgan fingerprint density at radius 1 is 1.19 bits per heavy atom. The van der Waals surface area contributed by atoms with E-state index in [-0.39, 0.29) is 0 Å². The smallest absolute Gasteiger partial charge is 0.0946 e.